The fourth-order valence-corrected chi connectivity index (χ4v) is 4.31. The molecule has 0 heterocycles. The Bertz CT molecular complexity index is 284. The van der Waals surface area contributed by atoms with Crippen molar-refractivity contribution in [3.05, 3.63) is 0 Å². The van der Waals surface area contributed by atoms with Crippen molar-refractivity contribution < 1.29 is 5.11 Å². The van der Waals surface area contributed by atoms with E-state index in [-0.39, 0.29) is 0 Å². The normalized spacial score (nSPS) is 36.0. The third kappa shape index (κ3) is 4.46. The summed E-state index contributed by atoms with van der Waals surface area (Å²) in [6.45, 7) is 8.72. The van der Waals surface area contributed by atoms with Crippen LogP contribution in [0.15, 0.2) is 0 Å². The highest BCUT2D eigenvalue weighted by atomic mass is 16.3. The fourth-order valence-electron chi connectivity index (χ4n) is 4.31. The Morgan fingerprint density at radius 2 is 1.60 bits per heavy atom. The summed E-state index contributed by atoms with van der Waals surface area (Å²) in [5, 5.41) is 13.2. The number of hydrogen-bond acceptors (Lipinski definition) is 2. The zero-order valence-electron chi connectivity index (χ0n) is 13.8. The van der Waals surface area contributed by atoms with Gasteiger partial charge >= 0.3 is 0 Å². The largest absolute Gasteiger partial charge is 0.396 e. The van der Waals surface area contributed by atoms with Crippen LogP contribution in [-0.4, -0.2) is 24.3 Å². The van der Waals surface area contributed by atoms with Crippen molar-refractivity contribution in [3.8, 4) is 0 Å². The maximum absolute atomic E-state index is 9.41. The molecule has 2 aliphatic rings. The van der Waals surface area contributed by atoms with Crippen LogP contribution in [-0.2, 0) is 0 Å². The van der Waals surface area contributed by atoms with Crippen LogP contribution >= 0.6 is 0 Å². The van der Waals surface area contributed by atoms with Crippen molar-refractivity contribution in [3.63, 3.8) is 0 Å². The molecule has 2 heteroatoms. The Kier molecular flexibility index (Phi) is 5.92. The molecule has 0 aromatic carbocycles. The van der Waals surface area contributed by atoms with E-state index in [9.17, 15) is 5.11 Å². The van der Waals surface area contributed by atoms with Crippen LogP contribution in [0.25, 0.3) is 0 Å². The lowest BCUT2D eigenvalue weighted by molar-refractivity contribution is 0.188. The first kappa shape index (κ1) is 16.3. The van der Waals surface area contributed by atoms with Crippen LogP contribution in [0.4, 0.5) is 0 Å². The van der Waals surface area contributed by atoms with Crippen LogP contribution in [0.5, 0.6) is 0 Å². The highest BCUT2D eigenvalue weighted by Crippen LogP contribution is 2.37. The SMILES string of the molecule is CC(C)(C)C1CCCC(NCC2CCCC2CO)CC1. The van der Waals surface area contributed by atoms with Crippen molar-refractivity contribution in [2.24, 2.45) is 23.2 Å². The number of rotatable bonds is 4. The van der Waals surface area contributed by atoms with Gasteiger partial charge < -0.3 is 10.4 Å². The Morgan fingerprint density at radius 3 is 2.30 bits per heavy atom. The summed E-state index contributed by atoms with van der Waals surface area (Å²) in [6, 6.07) is 0.724. The molecular weight excluding hydrogens is 246 g/mol. The summed E-state index contributed by atoms with van der Waals surface area (Å²) in [7, 11) is 0. The predicted octanol–water partition coefficient (Wildman–Crippen LogP) is 3.98. The van der Waals surface area contributed by atoms with Gasteiger partial charge in [-0.05, 0) is 68.2 Å². The van der Waals surface area contributed by atoms with Crippen LogP contribution in [0.3, 0.4) is 0 Å². The first-order valence-corrected chi connectivity index (χ1v) is 8.85. The molecule has 2 rings (SSSR count). The van der Waals surface area contributed by atoms with Gasteiger partial charge in [0.2, 0.25) is 0 Å². The topological polar surface area (TPSA) is 32.3 Å². The van der Waals surface area contributed by atoms with Crippen LogP contribution in [0.2, 0.25) is 0 Å². The summed E-state index contributed by atoms with van der Waals surface area (Å²) < 4.78 is 0. The minimum atomic E-state index is 0.392. The molecule has 2 fully saturated rings. The first-order valence-electron chi connectivity index (χ1n) is 8.85. The van der Waals surface area contributed by atoms with Crippen LogP contribution in [0.1, 0.15) is 72.1 Å². The lowest BCUT2D eigenvalue weighted by Gasteiger charge is -2.30. The third-order valence-corrected chi connectivity index (χ3v) is 5.91. The second kappa shape index (κ2) is 7.26. The van der Waals surface area contributed by atoms with Gasteiger partial charge in [-0.2, -0.15) is 0 Å². The molecule has 0 spiro atoms. The molecule has 0 amide bonds. The molecular formula is C18H35NO. The van der Waals surface area contributed by atoms with Gasteiger partial charge in [0.25, 0.3) is 0 Å². The van der Waals surface area contributed by atoms with Gasteiger partial charge in [0, 0.05) is 12.6 Å². The van der Waals surface area contributed by atoms with E-state index in [1.54, 1.807) is 0 Å². The maximum atomic E-state index is 9.41. The molecule has 2 N–H and O–H groups in total. The molecule has 0 bridgehead atoms. The van der Waals surface area contributed by atoms with E-state index in [0.29, 0.717) is 17.9 Å². The third-order valence-electron chi connectivity index (χ3n) is 5.91. The van der Waals surface area contributed by atoms with Gasteiger partial charge in [-0.15, -0.1) is 0 Å². The molecule has 2 nitrogen and oxygen atoms in total. The Hall–Kier alpha value is -0.0800. The lowest BCUT2D eigenvalue weighted by atomic mass is 9.76. The highest BCUT2D eigenvalue weighted by molar-refractivity contribution is 4.84. The van der Waals surface area contributed by atoms with E-state index in [1.807, 2.05) is 0 Å². The first-order chi connectivity index (χ1) is 9.50. The molecule has 20 heavy (non-hydrogen) atoms. The van der Waals surface area contributed by atoms with Gasteiger partial charge in [-0.1, -0.05) is 33.6 Å². The molecule has 2 saturated carbocycles. The molecule has 2 aliphatic carbocycles. The monoisotopic (exact) mass is 281 g/mol. The number of hydrogen-bond donors (Lipinski definition) is 2. The van der Waals surface area contributed by atoms with Crippen molar-refractivity contribution in [1.29, 1.82) is 0 Å². The summed E-state index contributed by atoms with van der Waals surface area (Å²) in [5.74, 6) is 2.18. The number of aliphatic hydroxyl groups excluding tert-OH is 1. The van der Waals surface area contributed by atoms with Crippen LogP contribution < -0.4 is 5.32 Å². The Balaban J connectivity index is 1.74. The van der Waals surface area contributed by atoms with Crippen molar-refractivity contribution in [1.82, 2.24) is 5.32 Å². The molecule has 0 aromatic heterocycles. The average molecular weight is 281 g/mol. The zero-order valence-corrected chi connectivity index (χ0v) is 13.8. The minimum absolute atomic E-state index is 0.392. The summed E-state index contributed by atoms with van der Waals surface area (Å²) in [4.78, 5) is 0. The van der Waals surface area contributed by atoms with Crippen molar-refractivity contribution >= 4 is 0 Å². The Morgan fingerprint density at radius 1 is 0.900 bits per heavy atom. The molecule has 4 atom stereocenters. The number of nitrogens with one attached hydrogen (secondary N) is 1. The summed E-state index contributed by atoms with van der Waals surface area (Å²) in [5.41, 5.74) is 0.475. The van der Waals surface area contributed by atoms with E-state index in [4.69, 9.17) is 0 Å². The molecule has 0 saturated heterocycles. The smallest absolute Gasteiger partial charge is 0.0462 e. The predicted molar refractivity (Wildman–Crippen MR) is 85.7 cm³/mol. The van der Waals surface area contributed by atoms with Gasteiger partial charge in [0.1, 0.15) is 0 Å². The average Bonchev–Trinajstić information content (AvgIpc) is 2.70. The van der Waals surface area contributed by atoms with E-state index < -0.39 is 0 Å². The van der Waals surface area contributed by atoms with E-state index in [1.165, 1.54) is 51.4 Å². The Labute approximate surface area is 125 Å². The van der Waals surface area contributed by atoms with E-state index in [0.717, 1.165) is 24.4 Å². The van der Waals surface area contributed by atoms with Crippen molar-refractivity contribution in [2.45, 2.75) is 78.2 Å². The molecule has 0 aromatic rings. The van der Waals surface area contributed by atoms with E-state index >= 15 is 0 Å². The standard InChI is InChI=1S/C18H35NO/c1-18(2,3)16-8-5-9-17(11-10-16)19-12-14-6-4-7-15(14)13-20/h14-17,19-20H,4-13H2,1-3H3. The zero-order chi connectivity index (χ0) is 14.6. The number of aliphatic hydroxyl groups is 1. The minimum Gasteiger partial charge on any atom is -0.396 e. The molecule has 4 unspecified atom stereocenters. The van der Waals surface area contributed by atoms with Crippen LogP contribution in [0, 0.1) is 23.2 Å². The highest BCUT2D eigenvalue weighted by Gasteiger charge is 2.29. The molecule has 0 radical (unpaired) electrons. The quantitative estimate of drug-likeness (QED) is 0.764. The van der Waals surface area contributed by atoms with Gasteiger partial charge in [-0.25, -0.2) is 0 Å². The van der Waals surface area contributed by atoms with Gasteiger partial charge in [0.05, 0.1) is 0 Å². The molecule has 0 aliphatic heterocycles. The maximum Gasteiger partial charge on any atom is 0.0462 e. The van der Waals surface area contributed by atoms with Gasteiger partial charge in [0.15, 0.2) is 0 Å². The van der Waals surface area contributed by atoms with E-state index in [2.05, 4.69) is 26.1 Å². The van der Waals surface area contributed by atoms with Gasteiger partial charge in [-0.3, -0.25) is 0 Å². The summed E-state index contributed by atoms with van der Waals surface area (Å²) >= 11 is 0. The fraction of sp³-hybridized carbons (Fsp3) is 1.00. The molecule has 118 valence electrons. The van der Waals surface area contributed by atoms with Crippen molar-refractivity contribution in [2.75, 3.05) is 13.2 Å². The second-order valence-electron chi connectivity index (χ2n) is 8.31. The lowest BCUT2D eigenvalue weighted by Crippen LogP contribution is -2.35. The summed E-state index contributed by atoms with van der Waals surface area (Å²) in [6.07, 6.45) is 10.7. The second-order valence-corrected chi connectivity index (χ2v) is 8.31.